The van der Waals surface area contributed by atoms with E-state index >= 15 is 0 Å². The zero-order valence-corrected chi connectivity index (χ0v) is 7.89. The van der Waals surface area contributed by atoms with Crippen molar-refractivity contribution < 1.29 is 34.2 Å². The van der Waals surface area contributed by atoms with E-state index in [0.717, 1.165) is 6.92 Å². The van der Waals surface area contributed by atoms with Crippen molar-refractivity contribution in [2.45, 2.75) is 18.6 Å². The monoisotopic (exact) mass is 216 g/mol. The molecular weight excluding hydrogens is 203 g/mol. The maximum absolute atomic E-state index is 10.2. The van der Waals surface area contributed by atoms with Crippen molar-refractivity contribution in [2.24, 2.45) is 0 Å². The molecule has 2 atom stereocenters. The molecule has 7 nitrogen and oxygen atoms in total. The van der Waals surface area contributed by atoms with Crippen LogP contribution < -0.4 is 0 Å². The molecule has 0 unspecified atom stereocenters. The van der Waals surface area contributed by atoms with Gasteiger partial charge in [-0.05, 0) is 6.92 Å². The molecule has 0 amide bonds. The lowest BCUT2D eigenvalue weighted by Gasteiger charge is -2.26. The molecule has 0 aliphatic heterocycles. The van der Waals surface area contributed by atoms with E-state index < -0.39 is 32.7 Å². The van der Waals surface area contributed by atoms with Gasteiger partial charge in [0.25, 0.3) is 0 Å². The van der Waals surface area contributed by atoms with Crippen LogP contribution in [0.4, 0.5) is 0 Å². The van der Waals surface area contributed by atoms with Gasteiger partial charge in [0, 0.05) is 0 Å². The normalized spacial score (nSPS) is 19.5. The minimum atomic E-state index is -4.65. The number of phosphoric ester groups is 1. The topological polar surface area (TPSA) is 127 Å². The SMILES string of the molecule is C[C@](O)(CO)[C@H](O)COP(=O)(O)O. The Morgan fingerprint density at radius 1 is 1.54 bits per heavy atom. The van der Waals surface area contributed by atoms with E-state index in [9.17, 15) is 4.57 Å². The van der Waals surface area contributed by atoms with Gasteiger partial charge in [-0.2, -0.15) is 0 Å². The highest BCUT2D eigenvalue weighted by Gasteiger charge is 2.31. The number of hydrogen-bond donors (Lipinski definition) is 5. The quantitative estimate of drug-likeness (QED) is 0.343. The molecule has 0 aromatic rings. The Balaban J connectivity index is 4.02. The van der Waals surface area contributed by atoms with Crippen LogP contribution in [-0.4, -0.2) is 50.0 Å². The number of hydrogen-bond acceptors (Lipinski definition) is 5. The summed E-state index contributed by atoms with van der Waals surface area (Å²) in [5, 5.41) is 26.8. The first-order valence-corrected chi connectivity index (χ1v) is 4.93. The fourth-order valence-electron chi connectivity index (χ4n) is 0.453. The summed E-state index contributed by atoms with van der Waals surface area (Å²) in [4.78, 5) is 16.5. The van der Waals surface area contributed by atoms with Crippen LogP contribution in [0, 0.1) is 0 Å². The van der Waals surface area contributed by atoms with Crippen LogP contribution in [0.15, 0.2) is 0 Å². The van der Waals surface area contributed by atoms with Gasteiger partial charge in [0.1, 0.15) is 11.7 Å². The van der Waals surface area contributed by atoms with E-state index in [4.69, 9.17) is 25.1 Å². The van der Waals surface area contributed by atoms with Crippen molar-refractivity contribution in [1.29, 1.82) is 0 Å². The zero-order chi connectivity index (χ0) is 10.7. The summed E-state index contributed by atoms with van der Waals surface area (Å²) < 4.78 is 14.1. The van der Waals surface area contributed by atoms with Crippen LogP contribution in [0.3, 0.4) is 0 Å². The molecular formula is C5H13O7P. The second kappa shape index (κ2) is 4.47. The minimum Gasteiger partial charge on any atom is -0.393 e. The first-order chi connectivity index (χ1) is 5.69. The molecule has 5 N–H and O–H groups in total. The Morgan fingerprint density at radius 3 is 2.31 bits per heavy atom. The van der Waals surface area contributed by atoms with Gasteiger partial charge in [0.05, 0.1) is 13.2 Å². The molecule has 8 heteroatoms. The highest BCUT2D eigenvalue weighted by molar-refractivity contribution is 7.46. The van der Waals surface area contributed by atoms with Crippen molar-refractivity contribution >= 4 is 7.82 Å². The van der Waals surface area contributed by atoms with Crippen LogP contribution in [0.2, 0.25) is 0 Å². The Labute approximate surface area is 74.8 Å². The molecule has 0 radical (unpaired) electrons. The Kier molecular flexibility index (Phi) is 4.47. The molecule has 0 spiro atoms. The Bertz CT molecular complexity index is 197. The van der Waals surface area contributed by atoms with E-state index in [1.807, 2.05) is 0 Å². The van der Waals surface area contributed by atoms with E-state index in [2.05, 4.69) is 4.52 Å². The Morgan fingerprint density at radius 2 is 2.00 bits per heavy atom. The second-order valence-electron chi connectivity index (χ2n) is 2.82. The van der Waals surface area contributed by atoms with E-state index in [0.29, 0.717) is 0 Å². The lowest BCUT2D eigenvalue weighted by atomic mass is 10.0. The number of aliphatic hydroxyl groups is 3. The molecule has 0 aliphatic rings. The van der Waals surface area contributed by atoms with Gasteiger partial charge in [0.15, 0.2) is 0 Å². The molecule has 0 bridgehead atoms. The molecule has 0 rings (SSSR count). The smallest absolute Gasteiger partial charge is 0.393 e. The summed E-state index contributed by atoms with van der Waals surface area (Å²) in [6, 6.07) is 0. The third-order valence-corrected chi connectivity index (χ3v) is 1.92. The summed E-state index contributed by atoms with van der Waals surface area (Å²) in [5.74, 6) is 0. The van der Waals surface area contributed by atoms with Crippen LogP contribution in [0.1, 0.15) is 6.92 Å². The van der Waals surface area contributed by atoms with Crippen molar-refractivity contribution in [3.05, 3.63) is 0 Å². The maximum Gasteiger partial charge on any atom is 0.469 e. The fraction of sp³-hybridized carbons (Fsp3) is 1.00. The minimum absolute atomic E-state index is 0.737. The number of phosphoric acid groups is 1. The molecule has 0 saturated heterocycles. The van der Waals surface area contributed by atoms with E-state index in [-0.39, 0.29) is 0 Å². The summed E-state index contributed by atoms with van der Waals surface area (Å²) in [6.45, 7) is -0.378. The van der Waals surface area contributed by atoms with Gasteiger partial charge in [-0.15, -0.1) is 0 Å². The second-order valence-corrected chi connectivity index (χ2v) is 4.06. The summed E-state index contributed by atoms with van der Waals surface area (Å²) in [5.41, 5.74) is -1.84. The number of aliphatic hydroxyl groups excluding tert-OH is 2. The van der Waals surface area contributed by atoms with Crippen LogP contribution in [0.25, 0.3) is 0 Å². The molecule has 80 valence electrons. The van der Waals surface area contributed by atoms with Crippen LogP contribution in [-0.2, 0) is 9.09 Å². The average Bonchev–Trinajstić information content (AvgIpc) is 1.98. The molecule has 0 saturated carbocycles. The van der Waals surface area contributed by atoms with Crippen molar-refractivity contribution in [1.82, 2.24) is 0 Å². The summed E-state index contributed by atoms with van der Waals surface area (Å²) >= 11 is 0. The van der Waals surface area contributed by atoms with Gasteiger partial charge < -0.3 is 25.1 Å². The van der Waals surface area contributed by atoms with Gasteiger partial charge in [-0.25, -0.2) is 4.57 Å². The van der Waals surface area contributed by atoms with E-state index in [1.54, 1.807) is 0 Å². The highest BCUT2D eigenvalue weighted by atomic mass is 31.2. The van der Waals surface area contributed by atoms with Gasteiger partial charge in [-0.3, -0.25) is 4.52 Å². The molecule has 0 aromatic heterocycles. The Hall–Kier alpha value is -0.0100. The summed E-state index contributed by atoms with van der Waals surface area (Å²) in [7, 11) is -4.65. The predicted molar refractivity (Wildman–Crippen MR) is 41.7 cm³/mol. The number of rotatable bonds is 5. The van der Waals surface area contributed by atoms with E-state index in [1.165, 1.54) is 0 Å². The lowest BCUT2D eigenvalue weighted by Crippen LogP contribution is -2.45. The van der Waals surface area contributed by atoms with Crippen molar-refractivity contribution in [2.75, 3.05) is 13.2 Å². The molecule has 0 fully saturated rings. The lowest BCUT2D eigenvalue weighted by molar-refractivity contribution is -0.107. The molecule has 13 heavy (non-hydrogen) atoms. The first kappa shape index (κ1) is 13.0. The standard InChI is InChI=1S/C5H13O7P/c1-5(8,3-6)4(7)2-12-13(9,10)11/h4,6-8H,2-3H2,1H3,(H2,9,10,11)/t4-,5+/m1/s1. The predicted octanol–water partition coefficient (Wildman–Crippen LogP) is -1.80. The maximum atomic E-state index is 10.2. The average molecular weight is 216 g/mol. The molecule has 0 aliphatic carbocycles. The van der Waals surface area contributed by atoms with Gasteiger partial charge in [-0.1, -0.05) is 0 Å². The van der Waals surface area contributed by atoms with Crippen LogP contribution in [0.5, 0.6) is 0 Å². The fourth-order valence-corrected chi connectivity index (χ4v) is 0.788. The third-order valence-electron chi connectivity index (χ3n) is 1.44. The first-order valence-electron chi connectivity index (χ1n) is 3.40. The van der Waals surface area contributed by atoms with Gasteiger partial charge in [0.2, 0.25) is 0 Å². The molecule has 0 aromatic carbocycles. The van der Waals surface area contributed by atoms with Crippen LogP contribution >= 0.6 is 7.82 Å². The largest absolute Gasteiger partial charge is 0.469 e. The van der Waals surface area contributed by atoms with Crippen molar-refractivity contribution in [3.63, 3.8) is 0 Å². The summed E-state index contributed by atoms with van der Waals surface area (Å²) in [6.07, 6.45) is -1.56. The zero-order valence-electron chi connectivity index (χ0n) is 6.99. The third kappa shape index (κ3) is 5.33. The van der Waals surface area contributed by atoms with Gasteiger partial charge >= 0.3 is 7.82 Å². The van der Waals surface area contributed by atoms with Crippen molar-refractivity contribution in [3.8, 4) is 0 Å². The molecule has 0 heterocycles. The highest BCUT2D eigenvalue weighted by Crippen LogP contribution is 2.36.